The van der Waals surface area contributed by atoms with Crippen molar-refractivity contribution in [2.45, 2.75) is 31.6 Å². The Kier molecular flexibility index (Phi) is 5.29. The molecule has 5 rings (SSSR count). The summed E-state index contributed by atoms with van der Waals surface area (Å²) in [5, 5.41) is 3.07. The van der Waals surface area contributed by atoms with Crippen LogP contribution in [0.2, 0.25) is 0 Å². The van der Waals surface area contributed by atoms with Crippen molar-refractivity contribution < 1.29 is 9.59 Å². The summed E-state index contributed by atoms with van der Waals surface area (Å²) in [5.41, 5.74) is 5.13. The number of hydrogen-bond acceptors (Lipinski definition) is 2. The van der Waals surface area contributed by atoms with Gasteiger partial charge in [0.25, 0.3) is 0 Å². The SMILES string of the molecule is O=C(CC(c1ccccc1)c1ccccc1)Nc1ccc2c(c1)N(C(=O)C1CC1)CC2. The third-order valence-corrected chi connectivity index (χ3v) is 6.25. The van der Waals surface area contributed by atoms with E-state index in [9.17, 15) is 9.59 Å². The van der Waals surface area contributed by atoms with Crippen molar-refractivity contribution in [3.8, 4) is 0 Å². The molecule has 2 amide bonds. The highest BCUT2D eigenvalue weighted by atomic mass is 16.2. The fourth-order valence-electron chi connectivity index (χ4n) is 4.43. The van der Waals surface area contributed by atoms with E-state index < -0.39 is 0 Å². The van der Waals surface area contributed by atoms with E-state index in [0.717, 1.165) is 48.3 Å². The average Bonchev–Trinajstić information content (AvgIpc) is 3.58. The van der Waals surface area contributed by atoms with Gasteiger partial charge >= 0.3 is 0 Å². The molecule has 0 unspecified atom stereocenters. The summed E-state index contributed by atoms with van der Waals surface area (Å²) in [6.07, 6.45) is 3.24. The van der Waals surface area contributed by atoms with Gasteiger partial charge in [-0.15, -0.1) is 0 Å². The van der Waals surface area contributed by atoms with Crippen LogP contribution >= 0.6 is 0 Å². The van der Waals surface area contributed by atoms with E-state index in [-0.39, 0.29) is 23.7 Å². The van der Waals surface area contributed by atoms with E-state index in [2.05, 4.69) is 29.6 Å². The van der Waals surface area contributed by atoms with Crippen LogP contribution < -0.4 is 10.2 Å². The Hall–Kier alpha value is -3.40. The van der Waals surface area contributed by atoms with Gasteiger partial charge in [-0.1, -0.05) is 66.7 Å². The third kappa shape index (κ3) is 4.24. The molecule has 0 aromatic heterocycles. The zero-order valence-corrected chi connectivity index (χ0v) is 17.5. The summed E-state index contributed by atoms with van der Waals surface area (Å²) < 4.78 is 0. The molecule has 3 aromatic rings. The first-order valence-corrected chi connectivity index (χ1v) is 11.0. The first-order valence-electron chi connectivity index (χ1n) is 11.0. The normalized spacial score (nSPS) is 15.1. The maximum atomic E-state index is 13.0. The summed E-state index contributed by atoms with van der Waals surface area (Å²) >= 11 is 0. The molecule has 0 saturated heterocycles. The molecule has 3 aromatic carbocycles. The van der Waals surface area contributed by atoms with Gasteiger partial charge in [0.15, 0.2) is 0 Å². The fourth-order valence-corrected chi connectivity index (χ4v) is 4.43. The smallest absolute Gasteiger partial charge is 0.230 e. The van der Waals surface area contributed by atoms with Crippen molar-refractivity contribution in [3.63, 3.8) is 0 Å². The minimum atomic E-state index is -0.0317. The van der Waals surface area contributed by atoms with Crippen LogP contribution in [0.5, 0.6) is 0 Å². The molecular formula is C27H26N2O2. The van der Waals surface area contributed by atoms with Crippen molar-refractivity contribution in [2.75, 3.05) is 16.8 Å². The highest BCUT2D eigenvalue weighted by molar-refractivity contribution is 5.99. The van der Waals surface area contributed by atoms with Crippen LogP contribution in [0.25, 0.3) is 0 Å². The molecule has 2 aliphatic rings. The molecule has 0 radical (unpaired) electrons. The standard InChI is InChI=1S/C27H26N2O2/c30-26(18-24(19-7-3-1-4-8-19)20-9-5-2-6-10-20)28-23-14-13-21-15-16-29(25(21)17-23)27(31)22-11-12-22/h1-10,13-14,17,22,24H,11-12,15-16,18H2,(H,28,30). The fraction of sp³-hybridized carbons (Fsp3) is 0.259. The number of carbonyl (C=O) groups excluding carboxylic acids is 2. The van der Waals surface area contributed by atoms with Gasteiger partial charge in [0.2, 0.25) is 11.8 Å². The van der Waals surface area contributed by atoms with Gasteiger partial charge in [-0.25, -0.2) is 0 Å². The number of fused-ring (bicyclic) bond motifs is 1. The van der Waals surface area contributed by atoms with Gasteiger partial charge in [0.05, 0.1) is 0 Å². The average molecular weight is 411 g/mol. The van der Waals surface area contributed by atoms with E-state index >= 15 is 0 Å². The number of amides is 2. The van der Waals surface area contributed by atoms with Crippen molar-refractivity contribution in [2.24, 2.45) is 5.92 Å². The predicted octanol–water partition coefficient (Wildman–Crippen LogP) is 5.15. The Balaban J connectivity index is 1.34. The van der Waals surface area contributed by atoms with Crippen LogP contribution in [0.3, 0.4) is 0 Å². The second kappa shape index (κ2) is 8.38. The monoisotopic (exact) mass is 410 g/mol. The molecule has 1 saturated carbocycles. The largest absolute Gasteiger partial charge is 0.326 e. The van der Waals surface area contributed by atoms with Crippen LogP contribution in [0.15, 0.2) is 78.9 Å². The van der Waals surface area contributed by atoms with Crippen molar-refractivity contribution in [1.82, 2.24) is 0 Å². The van der Waals surface area contributed by atoms with Crippen LogP contribution in [0.1, 0.15) is 41.9 Å². The molecule has 1 heterocycles. The van der Waals surface area contributed by atoms with Gasteiger partial charge in [0, 0.05) is 36.2 Å². The maximum absolute atomic E-state index is 13.0. The lowest BCUT2D eigenvalue weighted by atomic mass is 9.88. The Morgan fingerprint density at radius 2 is 1.55 bits per heavy atom. The van der Waals surface area contributed by atoms with Crippen LogP contribution in [0, 0.1) is 5.92 Å². The summed E-state index contributed by atoms with van der Waals surface area (Å²) in [6, 6.07) is 26.2. The molecular weight excluding hydrogens is 384 g/mol. The zero-order chi connectivity index (χ0) is 21.2. The molecule has 0 bridgehead atoms. The topological polar surface area (TPSA) is 49.4 Å². The van der Waals surface area contributed by atoms with Gasteiger partial charge in [-0.2, -0.15) is 0 Å². The van der Waals surface area contributed by atoms with E-state index in [1.165, 1.54) is 5.56 Å². The summed E-state index contributed by atoms with van der Waals surface area (Å²) in [6.45, 7) is 0.742. The van der Waals surface area contributed by atoms with Crippen LogP contribution in [-0.2, 0) is 16.0 Å². The number of hydrogen-bond donors (Lipinski definition) is 1. The second-order valence-electron chi connectivity index (χ2n) is 8.48. The van der Waals surface area contributed by atoms with Crippen LogP contribution in [-0.4, -0.2) is 18.4 Å². The highest BCUT2D eigenvalue weighted by Crippen LogP contribution is 2.37. The Morgan fingerprint density at radius 1 is 0.903 bits per heavy atom. The third-order valence-electron chi connectivity index (χ3n) is 6.25. The summed E-state index contributed by atoms with van der Waals surface area (Å²) in [7, 11) is 0. The first kappa shape index (κ1) is 19.6. The quantitative estimate of drug-likeness (QED) is 0.611. The predicted molar refractivity (Wildman–Crippen MR) is 123 cm³/mol. The van der Waals surface area contributed by atoms with E-state index in [0.29, 0.717) is 6.42 Å². The number of nitrogens with one attached hydrogen (secondary N) is 1. The number of benzene rings is 3. The molecule has 1 N–H and O–H groups in total. The number of anilines is 2. The van der Waals surface area contributed by atoms with E-state index in [4.69, 9.17) is 0 Å². The van der Waals surface area contributed by atoms with Crippen molar-refractivity contribution >= 4 is 23.2 Å². The second-order valence-corrected chi connectivity index (χ2v) is 8.48. The van der Waals surface area contributed by atoms with Gasteiger partial charge < -0.3 is 10.2 Å². The molecule has 31 heavy (non-hydrogen) atoms. The van der Waals surface area contributed by atoms with Crippen molar-refractivity contribution in [3.05, 3.63) is 95.6 Å². The van der Waals surface area contributed by atoms with Crippen LogP contribution in [0.4, 0.5) is 11.4 Å². The lowest BCUT2D eigenvalue weighted by Gasteiger charge is -2.19. The highest BCUT2D eigenvalue weighted by Gasteiger charge is 2.36. The minimum Gasteiger partial charge on any atom is -0.326 e. The maximum Gasteiger partial charge on any atom is 0.230 e. The summed E-state index contributed by atoms with van der Waals surface area (Å²) in [5.74, 6) is 0.387. The lowest BCUT2D eigenvalue weighted by molar-refractivity contribution is -0.119. The number of carbonyl (C=O) groups is 2. The van der Waals surface area contributed by atoms with E-state index in [1.54, 1.807) is 0 Å². The molecule has 1 fully saturated rings. The Morgan fingerprint density at radius 3 is 2.16 bits per heavy atom. The number of nitrogens with zero attached hydrogens (tertiary/aromatic N) is 1. The molecule has 156 valence electrons. The molecule has 4 heteroatoms. The number of rotatable bonds is 6. The van der Waals surface area contributed by atoms with Gasteiger partial charge in [-0.05, 0) is 48.1 Å². The Labute approximate surface area is 182 Å². The zero-order valence-electron chi connectivity index (χ0n) is 17.5. The molecule has 1 aliphatic carbocycles. The molecule has 1 aliphatic heterocycles. The minimum absolute atomic E-state index is 0.00947. The van der Waals surface area contributed by atoms with Crippen molar-refractivity contribution in [1.29, 1.82) is 0 Å². The molecule has 4 nitrogen and oxygen atoms in total. The molecule has 0 atom stereocenters. The van der Waals surface area contributed by atoms with E-state index in [1.807, 2.05) is 59.5 Å². The Bertz CT molecular complexity index is 1050. The van der Waals surface area contributed by atoms with Gasteiger partial charge in [0.1, 0.15) is 0 Å². The summed E-state index contributed by atoms with van der Waals surface area (Å²) in [4.78, 5) is 27.5. The molecule has 0 spiro atoms. The first-order chi connectivity index (χ1) is 15.2. The van der Waals surface area contributed by atoms with Gasteiger partial charge in [-0.3, -0.25) is 9.59 Å². The lowest BCUT2D eigenvalue weighted by Crippen LogP contribution is -2.30.